The fraction of sp³-hybridized carbons (Fsp3) is 0.462. The molecule has 2 rings (SSSR count). The highest BCUT2D eigenvalue weighted by molar-refractivity contribution is 7.85. The van der Waals surface area contributed by atoms with E-state index in [0.717, 1.165) is 25.7 Å². The van der Waals surface area contributed by atoms with Crippen molar-refractivity contribution in [2.45, 2.75) is 42.2 Å². The molecule has 1 atom stereocenters. The van der Waals surface area contributed by atoms with Crippen LogP contribution in [0.2, 0.25) is 0 Å². The van der Waals surface area contributed by atoms with Crippen molar-refractivity contribution < 1.29 is 14.1 Å². The molecule has 1 aliphatic carbocycles. The van der Waals surface area contributed by atoms with E-state index in [0.29, 0.717) is 4.90 Å². The van der Waals surface area contributed by atoms with Gasteiger partial charge in [-0.2, -0.15) is 0 Å². The molecule has 0 aliphatic heterocycles. The summed E-state index contributed by atoms with van der Waals surface area (Å²) in [5.74, 6) is -0.965. The van der Waals surface area contributed by atoms with Crippen molar-refractivity contribution in [3.8, 4) is 0 Å². The van der Waals surface area contributed by atoms with Crippen molar-refractivity contribution in [2.75, 3.05) is 0 Å². The summed E-state index contributed by atoms with van der Waals surface area (Å²) in [5.41, 5.74) is 0.214. The highest BCUT2D eigenvalue weighted by Crippen LogP contribution is 2.26. The van der Waals surface area contributed by atoms with E-state index in [1.807, 2.05) is 0 Å². The first-order valence-electron chi connectivity index (χ1n) is 5.92. The summed E-state index contributed by atoms with van der Waals surface area (Å²) in [5, 5.41) is 9.10. The molecular weight excluding hydrogens is 236 g/mol. The van der Waals surface area contributed by atoms with Crippen molar-refractivity contribution in [1.29, 1.82) is 0 Å². The minimum atomic E-state index is -1.06. The number of carboxylic acids is 1. The summed E-state index contributed by atoms with van der Waals surface area (Å²) in [7, 11) is -1.06. The predicted molar refractivity (Wildman–Crippen MR) is 66.7 cm³/mol. The molecule has 0 heterocycles. The highest BCUT2D eigenvalue weighted by atomic mass is 32.2. The van der Waals surface area contributed by atoms with E-state index in [1.54, 1.807) is 12.1 Å². The normalized spacial score (nSPS) is 18.8. The number of benzene rings is 1. The molecule has 92 valence electrons. The van der Waals surface area contributed by atoms with Gasteiger partial charge in [0.15, 0.2) is 0 Å². The lowest BCUT2D eigenvalue weighted by atomic mass is 10.0. The van der Waals surface area contributed by atoms with Crippen molar-refractivity contribution >= 4 is 16.8 Å². The second kappa shape index (κ2) is 5.45. The molecule has 4 heteroatoms. The van der Waals surface area contributed by atoms with E-state index in [4.69, 9.17) is 5.11 Å². The Morgan fingerprint density at radius 2 is 1.94 bits per heavy atom. The summed E-state index contributed by atoms with van der Waals surface area (Å²) in [6.07, 6.45) is 5.47. The van der Waals surface area contributed by atoms with Gasteiger partial charge in [-0.3, -0.25) is 4.21 Å². The molecule has 0 saturated heterocycles. The number of hydrogen-bond acceptors (Lipinski definition) is 2. The molecule has 1 unspecified atom stereocenters. The molecular formula is C13H16O3S. The smallest absolute Gasteiger partial charge is 0.335 e. The van der Waals surface area contributed by atoms with Crippen LogP contribution in [0.15, 0.2) is 29.2 Å². The topological polar surface area (TPSA) is 54.4 Å². The van der Waals surface area contributed by atoms with E-state index in [9.17, 15) is 9.00 Å². The Morgan fingerprint density at radius 3 is 2.59 bits per heavy atom. The minimum Gasteiger partial charge on any atom is -0.478 e. The average molecular weight is 252 g/mol. The van der Waals surface area contributed by atoms with Gasteiger partial charge < -0.3 is 5.11 Å². The first kappa shape index (κ1) is 12.3. The van der Waals surface area contributed by atoms with Crippen LogP contribution in [-0.2, 0) is 10.8 Å². The molecule has 1 N–H and O–H groups in total. The third-order valence-corrected chi connectivity index (χ3v) is 4.96. The average Bonchev–Trinajstić information content (AvgIpc) is 2.39. The molecule has 1 saturated carbocycles. The zero-order valence-corrected chi connectivity index (χ0v) is 10.4. The molecule has 1 aromatic carbocycles. The Labute approximate surface area is 103 Å². The number of rotatable bonds is 3. The van der Waals surface area contributed by atoms with Gasteiger partial charge in [0, 0.05) is 10.1 Å². The minimum absolute atomic E-state index is 0.202. The monoisotopic (exact) mass is 252 g/mol. The molecule has 17 heavy (non-hydrogen) atoms. The number of hydrogen-bond donors (Lipinski definition) is 1. The van der Waals surface area contributed by atoms with Gasteiger partial charge in [-0.1, -0.05) is 25.3 Å². The zero-order chi connectivity index (χ0) is 12.3. The van der Waals surface area contributed by atoms with E-state index in [1.165, 1.54) is 18.6 Å². The van der Waals surface area contributed by atoms with Gasteiger partial charge in [0.25, 0.3) is 0 Å². The molecule has 0 radical (unpaired) electrons. The number of aromatic carboxylic acids is 1. The SMILES string of the molecule is O=C(O)c1cccc(S(=O)C2CCCCC2)c1. The van der Waals surface area contributed by atoms with Gasteiger partial charge in [-0.25, -0.2) is 4.79 Å². The lowest BCUT2D eigenvalue weighted by Crippen LogP contribution is -2.18. The Balaban J connectivity index is 2.18. The van der Waals surface area contributed by atoms with Crippen molar-refractivity contribution in [3.63, 3.8) is 0 Å². The summed E-state index contributed by atoms with van der Waals surface area (Å²) in [6.45, 7) is 0. The molecule has 1 aromatic rings. The van der Waals surface area contributed by atoms with Crippen LogP contribution in [-0.4, -0.2) is 20.5 Å². The van der Waals surface area contributed by atoms with Gasteiger partial charge in [0.1, 0.15) is 0 Å². The molecule has 1 fully saturated rings. The van der Waals surface area contributed by atoms with E-state index >= 15 is 0 Å². The van der Waals surface area contributed by atoms with Gasteiger partial charge in [-0.05, 0) is 31.0 Å². The standard InChI is InChI=1S/C13H16O3S/c14-13(15)10-5-4-8-12(9-10)17(16)11-6-2-1-3-7-11/h4-5,8-9,11H,1-3,6-7H2,(H,14,15). The van der Waals surface area contributed by atoms with Gasteiger partial charge in [0.05, 0.1) is 16.4 Å². The molecule has 0 amide bonds. The summed E-state index contributed by atoms with van der Waals surface area (Å²) in [4.78, 5) is 11.5. The van der Waals surface area contributed by atoms with Gasteiger partial charge >= 0.3 is 5.97 Å². The summed E-state index contributed by atoms with van der Waals surface area (Å²) in [6, 6.07) is 6.49. The second-order valence-corrected chi connectivity index (χ2v) is 6.12. The second-order valence-electron chi connectivity index (χ2n) is 4.39. The van der Waals surface area contributed by atoms with Gasteiger partial charge in [-0.15, -0.1) is 0 Å². The van der Waals surface area contributed by atoms with Crippen LogP contribution < -0.4 is 0 Å². The zero-order valence-electron chi connectivity index (χ0n) is 9.59. The van der Waals surface area contributed by atoms with Crippen LogP contribution in [0, 0.1) is 0 Å². The lowest BCUT2D eigenvalue weighted by molar-refractivity contribution is 0.0696. The largest absolute Gasteiger partial charge is 0.478 e. The molecule has 0 spiro atoms. The maximum absolute atomic E-state index is 12.3. The van der Waals surface area contributed by atoms with Crippen LogP contribution in [0.1, 0.15) is 42.5 Å². The predicted octanol–water partition coefficient (Wildman–Crippen LogP) is 2.83. The van der Waals surface area contributed by atoms with E-state index in [-0.39, 0.29) is 10.8 Å². The first-order chi connectivity index (χ1) is 8.18. The van der Waals surface area contributed by atoms with Crippen molar-refractivity contribution in [3.05, 3.63) is 29.8 Å². The Hall–Kier alpha value is -1.16. The van der Waals surface area contributed by atoms with Crippen LogP contribution >= 0.6 is 0 Å². The third-order valence-electron chi connectivity index (χ3n) is 3.17. The lowest BCUT2D eigenvalue weighted by Gasteiger charge is -2.20. The maximum Gasteiger partial charge on any atom is 0.335 e. The van der Waals surface area contributed by atoms with Crippen molar-refractivity contribution in [1.82, 2.24) is 0 Å². The van der Waals surface area contributed by atoms with E-state index < -0.39 is 16.8 Å². The number of carbonyl (C=O) groups is 1. The Morgan fingerprint density at radius 1 is 1.24 bits per heavy atom. The fourth-order valence-corrected chi connectivity index (χ4v) is 3.83. The molecule has 3 nitrogen and oxygen atoms in total. The number of carboxylic acid groups (broad SMARTS) is 1. The van der Waals surface area contributed by atoms with Crippen LogP contribution in [0.3, 0.4) is 0 Å². The Kier molecular flexibility index (Phi) is 3.94. The highest BCUT2D eigenvalue weighted by Gasteiger charge is 2.21. The quantitative estimate of drug-likeness (QED) is 0.900. The molecule has 0 aromatic heterocycles. The van der Waals surface area contributed by atoms with Crippen molar-refractivity contribution in [2.24, 2.45) is 0 Å². The molecule has 1 aliphatic rings. The summed E-state index contributed by atoms with van der Waals surface area (Å²) >= 11 is 0. The fourth-order valence-electron chi connectivity index (χ4n) is 2.23. The van der Waals surface area contributed by atoms with Gasteiger partial charge in [0.2, 0.25) is 0 Å². The molecule has 0 bridgehead atoms. The third kappa shape index (κ3) is 2.94. The van der Waals surface area contributed by atoms with Crippen LogP contribution in [0.4, 0.5) is 0 Å². The summed E-state index contributed by atoms with van der Waals surface area (Å²) < 4.78 is 12.3. The van der Waals surface area contributed by atoms with Crippen LogP contribution in [0.5, 0.6) is 0 Å². The van der Waals surface area contributed by atoms with Crippen LogP contribution in [0.25, 0.3) is 0 Å². The maximum atomic E-state index is 12.3. The first-order valence-corrected chi connectivity index (χ1v) is 7.14. The van der Waals surface area contributed by atoms with E-state index in [2.05, 4.69) is 0 Å². The Bertz CT molecular complexity index is 436.